The van der Waals surface area contributed by atoms with Gasteiger partial charge < -0.3 is 9.64 Å². The number of hydrogen-bond acceptors (Lipinski definition) is 2. The van der Waals surface area contributed by atoms with Crippen LogP contribution in [0.2, 0.25) is 0 Å². The molecular formula is C16H16BrNO2. The normalized spacial score (nSPS) is 18.4. The van der Waals surface area contributed by atoms with Gasteiger partial charge in [0.2, 0.25) is 0 Å². The van der Waals surface area contributed by atoms with E-state index < -0.39 is 0 Å². The first-order valence-corrected chi connectivity index (χ1v) is 7.49. The van der Waals surface area contributed by atoms with Gasteiger partial charge in [0.15, 0.2) is 0 Å². The third-order valence-corrected chi connectivity index (χ3v) is 4.32. The van der Waals surface area contributed by atoms with Crippen molar-refractivity contribution in [1.82, 2.24) is 4.90 Å². The Hall–Kier alpha value is -1.39. The molecule has 4 heteroatoms. The summed E-state index contributed by atoms with van der Waals surface area (Å²) in [5.41, 5.74) is 0.731. The largest absolute Gasteiger partial charge is 0.379 e. The predicted octanol–water partition coefficient (Wildman–Crippen LogP) is 3.46. The molecule has 1 fully saturated rings. The number of halogens is 1. The van der Waals surface area contributed by atoms with E-state index in [-0.39, 0.29) is 11.9 Å². The highest BCUT2D eigenvalue weighted by atomic mass is 79.9. The van der Waals surface area contributed by atoms with Crippen LogP contribution in [-0.2, 0) is 4.74 Å². The molecule has 1 aliphatic rings. The Morgan fingerprint density at radius 2 is 2.00 bits per heavy atom. The maximum atomic E-state index is 12.5. The van der Waals surface area contributed by atoms with E-state index in [0.29, 0.717) is 6.61 Å². The fourth-order valence-electron chi connectivity index (χ4n) is 2.55. The number of amides is 1. The monoisotopic (exact) mass is 333 g/mol. The molecular weight excluding hydrogens is 318 g/mol. The van der Waals surface area contributed by atoms with Gasteiger partial charge in [-0.2, -0.15) is 0 Å². The van der Waals surface area contributed by atoms with Gasteiger partial charge in [-0.1, -0.05) is 28.1 Å². The van der Waals surface area contributed by atoms with E-state index in [2.05, 4.69) is 22.0 Å². The zero-order valence-electron chi connectivity index (χ0n) is 11.3. The fraction of sp³-hybridized carbons (Fsp3) is 0.312. The Labute approximate surface area is 126 Å². The molecule has 0 spiro atoms. The molecule has 1 amide bonds. The number of rotatable bonds is 2. The van der Waals surface area contributed by atoms with Crippen molar-refractivity contribution in [3.63, 3.8) is 0 Å². The molecule has 0 bridgehead atoms. The molecule has 1 saturated heterocycles. The lowest BCUT2D eigenvalue weighted by Gasteiger charge is -2.23. The Balaban J connectivity index is 1.89. The second kappa shape index (κ2) is 5.54. The van der Waals surface area contributed by atoms with Gasteiger partial charge in [0, 0.05) is 23.7 Å². The highest BCUT2D eigenvalue weighted by Gasteiger charge is 2.24. The average molecular weight is 334 g/mol. The Kier molecular flexibility index (Phi) is 3.76. The Morgan fingerprint density at radius 1 is 1.25 bits per heavy atom. The fourth-order valence-corrected chi connectivity index (χ4v) is 2.93. The number of fused-ring (bicyclic) bond motifs is 1. The van der Waals surface area contributed by atoms with Crippen LogP contribution in [0, 0.1) is 0 Å². The van der Waals surface area contributed by atoms with E-state index in [1.165, 1.54) is 0 Å². The highest BCUT2D eigenvalue weighted by molar-refractivity contribution is 9.10. The Morgan fingerprint density at radius 3 is 2.75 bits per heavy atom. The lowest BCUT2D eigenvalue weighted by Crippen LogP contribution is -2.37. The van der Waals surface area contributed by atoms with Gasteiger partial charge in [-0.15, -0.1) is 0 Å². The maximum Gasteiger partial charge on any atom is 0.253 e. The lowest BCUT2D eigenvalue weighted by atomic mass is 10.1. The van der Waals surface area contributed by atoms with E-state index in [9.17, 15) is 4.79 Å². The zero-order chi connectivity index (χ0) is 14.1. The highest BCUT2D eigenvalue weighted by Crippen LogP contribution is 2.22. The van der Waals surface area contributed by atoms with Crippen LogP contribution in [0.4, 0.5) is 0 Å². The maximum absolute atomic E-state index is 12.5. The lowest BCUT2D eigenvalue weighted by molar-refractivity contribution is 0.0711. The summed E-state index contributed by atoms with van der Waals surface area (Å²) >= 11 is 3.46. The summed E-state index contributed by atoms with van der Waals surface area (Å²) in [5.74, 6) is 0.0605. The molecule has 3 rings (SSSR count). The third-order valence-electron chi connectivity index (χ3n) is 3.82. The van der Waals surface area contributed by atoms with Crippen molar-refractivity contribution in [3.05, 3.63) is 46.4 Å². The minimum absolute atomic E-state index is 0.0605. The van der Waals surface area contributed by atoms with Crippen LogP contribution in [0.25, 0.3) is 10.8 Å². The van der Waals surface area contributed by atoms with Crippen molar-refractivity contribution in [1.29, 1.82) is 0 Å². The Bertz CT molecular complexity index is 650. The SMILES string of the molecule is CN(C(=O)c1ccc2cc(Br)ccc2c1)C1CCOC1. The summed E-state index contributed by atoms with van der Waals surface area (Å²) < 4.78 is 6.39. The minimum atomic E-state index is 0.0605. The molecule has 1 heterocycles. The van der Waals surface area contributed by atoms with Crippen LogP contribution < -0.4 is 0 Å². The van der Waals surface area contributed by atoms with Crippen molar-refractivity contribution in [2.24, 2.45) is 0 Å². The van der Waals surface area contributed by atoms with Gasteiger partial charge in [-0.3, -0.25) is 4.79 Å². The number of hydrogen-bond donors (Lipinski definition) is 0. The first kappa shape index (κ1) is 13.6. The van der Waals surface area contributed by atoms with Crippen molar-refractivity contribution in [2.45, 2.75) is 12.5 Å². The second-order valence-electron chi connectivity index (χ2n) is 5.14. The molecule has 3 nitrogen and oxygen atoms in total. The van der Waals surface area contributed by atoms with Gasteiger partial charge in [0.1, 0.15) is 0 Å². The first-order chi connectivity index (χ1) is 9.65. The first-order valence-electron chi connectivity index (χ1n) is 6.69. The summed E-state index contributed by atoms with van der Waals surface area (Å²) in [6, 6.07) is 12.1. The number of benzene rings is 2. The molecule has 0 aliphatic carbocycles. The van der Waals surface area contributed by atoms with Crippen LogP contribution in [0.5, 0.6) is 0 Å². The van der Waals surface area contributed by atoms with Crippen molar-refractivity contribution < 1.29 is 9.53 Å². The molecule has 2 aromatic rings. The van der Waals surface area contributed by atoms with Crippen LogP contribution in [0.1, 0.15) is 16.8 Å². The van der Waals surface area contributed by atoms with E-state index in [4.69, 9.17) is 4.74 Å². The van der Waals surface area contributed by atoms with Crippen LogP contribution >= 0.6 is 15.9 Å². The topological polar surface area (TPSA) is 29.5 Å². The van der Waals surface area contributed by atoms with Gasteiger partial charge in [-0.05, 0) is 41.5 Å². The smallest absolute Gasteiger partial charge is 0.253 e. The van der Waals surface area contributed by atoms with Crippen LogP contribution in [-0.4, -0.2) is 37.1 Å². The van der Waals surface area contributed by atoms with E-state index in [1.54, 1.807) is 4.90 Å². The van der Waals surface area contributed by atoms with Crippen molar-refractivity contribution in [2.75, 3.05) is 20.3 Å². The zero-order valence-corrected chi connectivity index (χ0v) is 12.9. The molecule has 0 aromatic heterocycles. The second-order valence-corrected chi connectivity index (χ2v) is 6.06. The number of ether oxygens (including phenoxy) is 1. The van der Waals surface area contributed by atoms with Gasteiger partial charge in [0.25, 0.3) is 5.91 Å². The quantitative estimate of drug-likeness (QED) is 0.842. The molecule has 20 heavy (non-hydrogen) atoms. The molecule has 104 valence electrons. The number of carbonyl (C=O) groups is 1. The average Bonchev–Trinajstić information content (AvgIpc) is 2.99. The number of carbonyl (C=O) groups excluding carboxylic acids is 1. The minimum Gasteiger partial charge on any atom is -0.379 e. The van der Waals surface area contributed by atoms with E-state index in [0.717, 1.165) is 33.8 Å². The van der Waals surface area contributed by atoms with Crippen LogP contribution in [0.3, 0.4) is 0 Å². The van der Waals surface area contributed by atoms with Crippen molar-refractivity contribution in [3.8, 4) is 0 Å². The molecule has 1 atom stereocenters. The van der Waals surface area contributed by atoms with E-state index >= 15 is 0 Å². The van der Waals surface area contributed by atoms with Crippen molar-refractivity contribution >= 4 is 32.6 Å². The molecule has 2 aromatic carbocycles. The van der Waals surface area contributed by atoms with Gasteiger partial charge >= 0.3 is 0 Å². The van der Waals surface area contributed by atoms with Crippen LogP contribution in [0.15, 0.2) is 40.9 Å². The summed E-state index contributed by atoms with van der Waals surface area (Å²) in [6.45, 7) is 1.39. The molecule has 0 N–H and O–H groups in total. The summed E-state index contributed by atoms with van der Waals surface area (Å²) in [6.07, 6.45) is 0.919. The number of likely N-dealkylation sites (N-methyl/N-ethyl adjacent to an activating group) is 1. The third kappa shape index (κ3) is 2.58. The van der Waals surface area contributed by atoms with E-state index in [1.807, 2.05) is 37.4 Å². The molecule has 0 saturated carbocycles. The molecule has 1 aliphatic heterocycles. The molecule has 0 radical (unpaired) electrons. The van der Waals surface area contributed by atoms with Gasteiger partial charge in [0.05, 0.1) is 12.6 Å². The van der Waals surface area contributed by atoms with Gasteiger partial charge in [-0.25, -0.2) is 0 Å². The summed E-state index contributed by atoms with van der Waals surface area (Å²) in [4.78, 5) is 14.3. The predicted molar refractivity (Wildman–Crippen MR) is 83.0 cm³/mol. The number of nitrogens with zero attached hydrogens (tertiary/aromatic N) is 1. The molecule has 1 unspecified atom stereocenters. The standard InChI is InChI=1S/C16H16BrNO2/c1-18(15-6-7-20-10-15)16(19)13-3-2-12-9-14(17)5-4-11(12)8-13/h2-5,8-9,15H,6-7,10H2,1H3. The summed E-state index contributed by atoms with van der Waals surface area (Å²) in [5, 5.41) is 2.21. The summed E-state index contributed by atoms with van der Waals surface area (Å²) in [7, 11) is 1.85.